The van der Waals surface area contributed by atoms with Crippen LogP contribution < -0.4 is 5.32 Å². The molecule has 1 fully saturated rings. The summed E-state index contributed by atoms with van der Waals surface area (Å²) in [6, 6.07) is 0.848. The van der Waals surface area contributed by atoms with Crippen molar-refractivity contribution in [3.63, 3.8) is 0 Å². The molecular formula is C10H21NS. The molecule has 1 saturated carbocycles. The Morgan fingerprint density at radius 1 is 1.25 bits per heavy atom. The number of thioether (sulfide) groups is 1. The Morgan fingerprint density at radius 3 is 2.67 bits per heavy atom. The van der Waals surface area contributed by atoms with E-state index in [1.807, 2.05) is 11.8 Å². The quantitative estimate of drug-likeness (QED) is 0.664. The molecule has 0 bridgehead atoms. The number of rotatable bonds is 5. The van der Waals surface area contributed by atoms with Crippen LogP contribution in [-0.4, -0.2) is 24.6 Å². The van der Waals surface area contributed by atoms with Crippen LogP contribution in [0.25, 0.3) is 0 Å². The average molecular weight is 187 g/mol. The van der Waals surface area contributed by atoms with Crippen LogP contribution in [0.3, 0.4) is 0 Å². The average Bonchev–Trinajstić information content (AvgIpc) is 2.14. The SMILES string of the molecule is CSCCCNC1CCCCC1. The maximum atomic E-state index is 3.64. The van der Waals surface area contributed by atoms with Gasteiger partial charge in [-0.3, -0.25) is 0 Å². The van der Waals surface area contributed by atoms with Crippen molar-refractivity contribution >= 4 is 11.8 Å². The van der Waals surface area contributed by atoms with Gasteiger partial charge in [0.1, 0.15) is 0 Å². The third-order valence-corrected chi connectivity index (χ3v) is 3.26. The summed E-state index contributed by atoms with van der Waals surface area (Å²) in [5.41, 5.74) is 0. The lowest BCUT2D eigenvalue weighted by atomic mass is 9.95. The highest BCUT2D eigenvalue weighted by atomic mass is 32.2. The fourth-order valence-electron chi connectivity index (χ4n) is 1.83. The smallest absolute Gasteiger partial charge is 0.00670 e. The zero-order valence-corrected chi connectivity index (χ0v) is 8.96. The second kappa shape index (κ2) is 6.79. The first kappa shape index (κ1) is 10.4. The summed E-state index contributed by atoms with van der Waals surface area (Å²) in [4.78, 5) is 0. The second-order valence-electron chi connectivity index (χ2n) is 3.64. The lowest BCUT2D eigenvalue weighted by molar-refractivity contribution is 0.375. The molecule has 1 N–H and O–H groups in total. The highest BCUT2D eigenvalue weighted by Crippen LogP contribution is 2.17. The molecule has 2 heteroatoms. The topological polar surface area (TPSA) is 12.0 Å². The van der Waals surface area contributed by atoms with E-state index in [1.54, 1.807) is 0 Å². The largest absolute Gasteiger partial charge is 0.314 e. The Morgan fingerprint density at radius 2 is 2.00 bits per heavy atom. The Balaban J connectivity index is 1.91. The molecule has 0 unspecified atom stereocenters. The van der Waals surface area contributed by atoms with E-state index in [0.29, 0.717) is 0 Å². The van der Waals surface area contributed by atoms with Gasteiger partial charge in [0.2, 0.25) is 0 Å². The van der Waals surface area contributed by atoms with Gasteiger partial charge in [-0.15, -0.1) is 0 Å². The molecule has 1 nitrogen and oxygen atoms in total. The zero-order valence-electron chi connectivity index (χ0n) is 8.14. The third kappa shape index (κ3) is 4.36. The summed E-state index contributed by atoms with van der Waals surface area (Å²) in [7, 11) is 0. The summed E-state index contributed by atoms with van der Waals surface area (Å²) in [5, 5.41) is 3.64. The molecule has 72 valence electrons. The second-order valence-corrected chi connectivity index (χ2v) is 4.62. The zero-order chi connectivity index (χ0) is 8.65. The van der Waals surface area contributed by atoms with Crippen molar-refractivity contribution in [3.05, 3.63) is 0 Å². The Labute approximate surface area is 80.7 Å². The van der Waals surface area contributed by atoms with Gasteiger partial charge in [-0.05, 0) is 37.8 Å². The van der Waals surface area contributed by atoms with Gasteiger partial charge in [-0.1, -0.05) is 19.3 Å². The molecule has 0 radical (unpaired) electrons. The molecule has 0 saturated heterocycles. The van der Waals surface area contributed by atoms with Crippen molar-refractivity contribution in [2.45, 2.75) is 44.6 Å². The molecule has 12 heavy (non-hydrogen) atoms. The molecule has 1 aliphatic carbocycles. The summed E-state index contributed by atoms with van der Waals surface area (Å²) >= 11 is 1.95. The van der Waals surface area contributed by atoms with Gasteiger partial charge in [0, 0.05) is 6.04 Å². The fraction of sp³-hybridized carbons (Fsp3) is 1.00. The first-order valence-corrected chi connectivity index (χ1v) is 6.55. The molecule has 0 aromatic rings. The van der Waals surface area contributed by atoms with Gasteiger partial charge < -0.3 is 5.32 Å². The van der Waals surface area contributed by atoms with Gasteiger partial charge in [0.25, 0.3) is 0 Å². The molecule has 0 atom stereocenters. The molecule has 0 amide bonds. The van der Waals surface area contributed by atoms with Gasteiger partial charge in [0.05, 0.1) is 0 Å². The normalized spacial score (nSPS) is 19.8. The van der Waals surface area contributed by atoms with Crippen molar-refractivity contribution in [1.29, 1.82) is 0 Å². The van der Waals surface area contributed by atoms with Crippen molar-refractivity contribution in [1.82, 2.24) is 5.32 Å². The van der Waals surface area contributed by atoms with Crippen molar-refractivity contribution < 1.29 is 0 Å². The summed E-state index contributed by atoms with van der Waals surface area (Å²) < 4.78 is 0. The predicted molar refractivity (Wildman–Crippen MR) is 57.9 cm³/mol. The minimum atomic E-state index is 0.848. The van der Waals surface area contributed by atoms with Gasteiger partial charge in [-0.2, -0.15) is 11.8 Å². The standard InChI is InChI=1S/C10H21NS/c1-12-9-5-8-11-10-6-3-2-4-7-10/h10-11H,2-9H2,1H3. The predicted octanol–water partition coefficient (Wildman–Crippen LogP) is 2.66. The Bertz CT molecular complexity index is 100. The van der Waals surface area contributed by atoms with Gasteiger partial charge in [-0.25, -0.2) is 0 Å². The Kier molecular flexibility index (Phi) is 5.88. The first-order valence-electron chi connectivity index (χ1n) is 5.16. The van der Waals surface area contributed by atoms with E-state index < -0.39 is 0 Å². The van der Waals surface area contributed by atoms with E-state index in [2.05, 4.69) is 11.6 Å². The van der Waals surface area contributed by atoms with Crippen molar-refractivity contribution in [3.8, 4) is 0 Å². The molecule has 0 spiro atoms. The molecule has 1 aliphatic rings. The fourth-order valence-corrected chi connectivity index (χ4v) is 2.26. The number of nitrogens with one attached hydrogen (secondary N) is 1. The summed E-state index contributed by atoms with van der Waals surface area (Å²) in [5.74, 6) is 1.31. The molecule has 0 aromatic carbocycles. The van der Waals surface area contributed by atoms with Crippen LogP contribution in [0.15, 0.2) is 0 Å². The number of hydrogen-bond acceptors (Lipinski definition) is 2. The highest BCUT2D eigenvalue weighted by Gasteiger charge is 2.11. The monoisotopic (exact) mass is 187 g/mol. The van der Waals surface area contributed by atoms with E-state index in [0.717, 1.165) is 6.04 Å². The van der Waals surface area contributed by atoms with Crippen LogP contribution in [-0.2, 0) is 0 Å². The van der Waals surface area contributed by atoms with E-state index in [1.165, 1.54) is 50.8 Å². The molecule has 1 rings (SSSR count). The number of hydrogen-bond donors (Lipinski definition) is 1. The first-order chi connectivity index (χ1) is 5.93. The Hall–Kier alpha value is 0.310. The summed E-state index contributed by atoms with van der Waals surface area (Å²) in [6.07, 6.45) is 10.7. The van der Waals surface area contributed by atoms with E-state index >= 15 is 0 Å². The van der Waals surface area contributed by atoms with E-state index in [4.69, 9.17) is 0 Å². The van der Waals surface area contributed by atoms with Crippen LogP contribution in [0.1, 0.15) is 38.5 Å². The van der Waals surface area contributed by atoms with Gasteiger partial charge >= 0.3 is 0 Å². The maximum Gasteiger partial charge on any atom is 0.00670 e. The lowest BCUT2D eigenvalue weighted by Crippen LogP contribution is -2.31. The molecule has 0 aliphatic heterocycles. The minimum Gasteiger partial charge on any atom is -0.314 e. The van der Waals surface area contributed by atoms with Crippen LogP contribution in [0.5, 0.6) is 0 Å². The molecular weight excluding hydrogens is 166 g/mol. The molecule has 0 aromatic heterocycles. The van der Waals surface area contributed by atoms with Crippen LogP contribution in [0.2, 0.25) is 0 Å². The minimum absolute atomic E-state index is 0.848. The van der Waals surface area contributed by atoms with E-state index in [9.17, 15) is 0 Å². The maximum absolute atomic E-state index is 3.64. The molecule has 0 heterocycles. The van der Waals surface area contributed by atoms with Crippen LogP contribution in [0.4, 0.5) is 0 Å². The summed E-state index contributed by atoms with van der Waals surface area (Å²) in [6.45, 7) is 1.23. The lowest BCUT2D eigenvalue weighted by Gasteiger charge is -2.22. The van der Waals surface area contributed by atoms with Gasteiger partial charge in [0.15, 0.2) is 0 Å². The van der Waals surface area contributed by atoms with Crippen LogP contribution in [0, 0.1) is 0 Å². The van der Waals surface area contributed by atoms with Crippen molar-refractivity contribution in [2.24, 2.45) is 0 Å². The van der Waals surface area contributed by atoms with Crippen LogP contribution >= 0.6 is 11.8 Å². The highest BCUT2D eigenvalue weighted by molar-refractivity contribution is 7.98. The third-order valence-electron chi connectivity index (χ3n) is 2.56. The van der Waals surface area contributed by atoms with Crippen molar-refractivity contribution in [2.75, 3.05) is 18.6 Å². The van der Waals surface area contributed by atoms with E-state index in [-0.39, 0.29) is 0 Å².